The average Bonchev–Trinajstić information content (AvgIpc) is 2.33. The number of nitrogens with zero attached hydrogens (tertiary/aromatic N) is 1. The van der Waals surface area contributed by atoms with E-state index in [0.717, 1.165) is 11.3 Å². The number of ketones is 1. The van der Waals surface area contributed by atoms with Crippen LogP contribution in [-0.4, -0.2) is 5.78 Å². The number of benzene rings is 1. The third-order valence-corrected chi connectivity index (χ3v) is 2.86. The van der Waals surface area contributed by atoms with E-state index in [2.05, 4.69) is 0 Å². The lowest BCUT2D eigenvalue weighted by Crippen LogP contribution is -3.00. The largest absolute Gasteiger partial charge is 1.00 e. The van der Waals surface area contributed by atoms with Gasteiger partial charge in [0.2, 0.25) is 12.3 Å². The van der Waals surface area contributed by atoms with Gasteiger partial charge in [0, 0.05) is 24.6 Å². The van der Waals surface area contributed by atoms with Crippen LogP contribution in [0.25, 0.3) is 0 Å². The summed E-state index contributed by atoms with van der Waals surface area (Å²) >= 11 is 0. The van der Waals surface area contributed by atoms with Crippen LogP contribution in [0.2, 0.25) is 0 Å². The molecule has 1 aromatic carbocycles. The van der Waals surface area contributed by atoms with Crippen LogP contribution in [0, 0.1) is 13.8 Å². The smallest absolute Gasteiger partial charge is 0.227 e. The lowest BCUT2D eigenvalue weighted by molar-refractivity contribution is -0.689. The topological polar surface area (TPSA) is 20.9 Å². The molecule has 0 saturated heterocycles. The third-order valence-electron chi connectivity index (χ3n) is 2.86. The number of rotatable bonds is 3. The lowest BCUT2D eigenvalue weighted by atomic mass is 10.1. The maximum atomic E-state index is 12.1. The predicted octanol–water partition coefficient (Wildman–Crippen LogP) is -0.522. The minimum absolute atomic E-state index is 0. The van der Waals surface area contributed by atoms with Crippen molar-refractivity contribution in [1.29, 1.82) is 0 Å². The van der Waals surface area contributed by atoms with Gasteiger partial charge in [-0.15, -0.1) is 0 Å². The van der Waals surface area contributed by atoms with Gasteiger partial charge in [0.1, 0.15) is 0 Å². The first kappa shape index (κ1) is 14.8. The highest BCUT2D eigenvalue weighted by Gasteiger charge is 2.13. The van der Waals surface area contributed by atoms with Gasteiger partial charge in [0.05, 0.1) is 0 Å². The van der Waals surface area contributed by atoms with E-state index in [1.807, 2.05) is 67.1 Å². The van der Waals surface area contributed by atoms with Crippen LogP contribution < -0.4 is 28.5 Å². The summed E-state index contributed by atoms with van der Waals surface area (Å²) in [5.74, 6) is 0.143. The van der Waals surface area contributed by atoms with Crippen molar-refractivity contribution in [2.75, 3.05) is 0 Å². The van der Waals surface area contributed by atoms with E-state index in [-0.39, 0.29) is 29.8 Å². The summed E-state index contributed by atoms with van der Waals surface area (Å²) in [6, 6.07) is 13.6. The van der Waals surface area contributed by atoms with E-state index in [4.69, 9.17) is 0 Å². The maximum absolute atomic E-state index is 12.1. The molecule has 1 heterocycles. The summed E-state index contributed by atoms with van der Waals surface area (Å²) in [5, 5.41) is 0. The van der Waals surface area contributed by atoms with Gasteiger partial charge in [-0.1, -0.05) is 35.9 Å². The fourth-order valence-electron chi connectivity index (χ4n) is 1.72. The van der Waals surface area contributed by atoms with Crippen LogP contribution in [0.5, 0.6) is 0 Å². The zero-order valence-electron chi connectivity index (χ0n) is 10.6. The first-order valence-electron chi connectivity index (χ1n) is 5.72. The first-order chi connectivity index (χ1) is 8.16. The van der Waals surface area contributed by atoms with E-state index in [1.165, 1.54) is 5.56 Å². The van der Waals surface area contributed by atoms with Crippen LogP contribution in [-0.2, 0) is 6.54 Å². The Morgan fingerprint density at radius 1 is 1.06 bits per heavy atom. The average molecular weight is 353 g/mol. The monoisotopic (exact) mass is 353 g/mol. The summed E-state index contributed by atoms with van der Waals surface area (Å²) in [6.07, 6.45) is 1.93. The van der Waals surface area contributed by atoms with Crippen LogP contribution in [0.3, 0.4) is 0 Å². The summed E-state index contributed by atoms with van der Waals surface area (Å²) in [7, 11) is 0. The third kappa shape index (κ3) is 3.63. The molecule has 1 aromatic heterocycles. The Labute approximate surface area is 125 Å². The summed E-state index contributed by atoms with van der Waals surface area (Å²) in [6.45, 7) is 4.42. The zero-order chi connectivity index (χ0) is 12.3. The SMILES string of the molecule is Cc1ccc(C(=O)C[n+]2ccccc2C)cc1.[I-]. The van der Waals surface area contributed by atoms with Crippen molar-refractivity contribution in [3.63, 3.8) is 0 Å². The highest BCUT2D eigenvalue weighted by molar-refractivity contribution is 5.95. The number of Topliss-reactive ketones (excluding diaryl/α,β-unsaturated/α-hetero) is 1. The molecule has 0 bridgehead atoms. The molecule has 3 heteroatoms. The number of aryl methyl sites for hydroxylation is 2. The van der Waals surface area contributed by atoms with E-state index in [0.29, 0.717) is 6.54 Å². The number of carbonyl (C=O) groups is 1. The molecule has 0 aliphatic rings. The molecule has 0 amide bonds. The van der Waals surface area contributed by atoms with Crippen LogP contribution in [0.1, 0.15) is 21.6 Å². The molecular weight excluding hydrogens is 337 g/mol. The molecule has 0 fully saturated rings. The molecule has 18 heavy (non-hydrogen) atoms. The maximum Gasteiger partial charge on any atom is 0.227 e. The van der Waals surface area contributed by atoms with Crippen LogP contribution >= 0.6 is 0 Å². The van der Waals surface area contributed by atoms with Crippen molar-refractivity contribution in [1.82, 2.24) is 0 Å². The number of pyridine rings is 1. The molecule has 0 aliphatic heterocycles. The van der Waals surface area contributed by atoms with Crippen molar-refractivity contribution in [3.05, 3.63) is 65.5 Å². The minimum atomic E-state index is 0. The summed E-state index contributed by atoms with van der Waals surface area (Å²) in [5.41, 5.74) is 3.03. The Morgan fingerprint density at radius 2 is 1.72 bits per heavy atom. The second kappa shape index (κ2) is 6.64. The van der Waals surface area contributed by atoms with Gasteiger partial charge in [-0.2, -0.15) is 4.57 Å². The lowest BCUT2D eigenvalue weighted by Gasteiger charge is -2.01. The van der Waals surface area contributed by atoms with Gasteiger partial charge < -0.3 is 24.0 Å². The fraction of sp³-hybridized carbons (Fsp3) is 0.200. The van der Waals surface area contributed by atoms with Gasteiger partial charge in [0.15, 0.2) is 11.9 Å². The molecule has 0 N–H and O–H groups in total. The Bertz CT molecular complexity index is 534. The van der Waals surface area contributed by atoms with Crippen molar-refractivity contribution in [3.8, 4) is 0 Å². The van der Waals surface area contributed by atoms with Crippen LogP contribution in [0.4, 0.5) is 0 Å². The summed E-state index contributed by atoms with van der Waals surface area (Å²) in [4.78, 5) is 12.1. The highest BCUT2D eigenvalue weighted by atomic mass is 127. The Hall–Kier alpha value is -1.23. The molecule has 0 unspecified atom stereocenters. The van der Waals surface area contributed by atoms with Crippen molar-refractivity contribution in [2.24, 2.45) is 0 Å². The molecule has 2 nitrogen and oxygen atoms in total. The molecule has 94 valence electrons. The number of halogens is 1. The van der Waals surface area contributed by atoms with E-state index < -0.39 is 0 Å². The Balaban J connectivity index is 0.00000162. The van der Waals surface area contributed by atoms with E-state index >= 15 is 0 Å². The zero-order valence-corrected chi connectivity index (χ0v) is 12.7. The standard InChI is InChI=1S/C15H16NO.HI/c1-12-6-8-14(9-7-12)15(17)11-16-10-4-3-5-13(16)2;/h3-10H,11H2,1-2H3;1H/q+1;/p-1. The normalized spacial score (nSPS) is 9.67. The Kier molecular flexibility index (Phi) is 5.47. The fourth-order valence-corrected chi connectivity index (χ4v) is 1.72. The number of hydrogen-bond acceptors (Lipinski definition) is 1. The number of aromatic nitrogens is 1. The van der Waals surface area contributed by atoms with E-state index in [9.17, 15) is 4.79 Å². The molecule has 0 spiro atoms. The van der Waals surface area contributed by atoms with Gasteiger partial charge in [-0.3, -0.25) is 4.79 Å². The second-order valence-electron chi connectivity index (χ2n) is 4.26. The quantitative estimate of drug-likeness (QED) is 0.413. The molecule has 2 rings (SSSR count). The number of hydrogen-bond donors (Lipinski definition) is 0. The number of carbonyl (C=O) groups excluding carboxylic acids is 1. The molecule has 0 radical (unpaired) electrons. The molecule has 0 saturated carbocycles. The van der Waals surface area contributed by atoms with Crippen LogP contribution in [0.15, 0.2) is 48.7 Å². The predicted molar refractivity (Wildman–Crippen MR) is 66.9 cm³/mol. The highest BCUT2D eigenvalue weighted by Crippen LogP contribution is 2.04. The molecule has 0 aliphatic carbocycles. The van der Waals surface area contributed by atoms with Crippen molar-refractivity contribution in [2.45, 2.75) is 20.4 Å². The molecular formula is C15H16INO. The first-order valence-corrected chi connectivity index (χ1v) is 5.72. The van der Waals surface area contributed by atoms with Gasteiger partial charge in [-0.25, -0.2) is 0 Å². The van der Waals surface area contributed by atoms with Gasteiger partial charge in [0.25, 0.3) is 0 Å². The van der Waals surface area contributed by atoms with Crippen molar-refractivity contribution < 1.29 is 33.3 Å². The minimum Gasteiger partial charge on any atom is -1.00 e. The summed E-state index contributed by atoms with van der Waals surface area (Å²) < 4.78 is 1.96. The Morgan fingerprint density at radius 3 is 2.33 bits per heavy atom. The second-order valence-corrected chi connectivity index (χ2v) is 4.26. The van der Waals surface area contributed by atoms with Crippen molar-refractivity contribution >= 4 is 5.78 Å². The van der Waals surface area contributed by atoms with Gasteiger partial charge in [-0.05, 0) is 6.92 Å². The molecule has 2 aromatic rings. The van der Waals surface area contributed by atoms with E-state index in [1.54, 1.807) is 0 Å². The van der Waals surface area contributed by atoms with Gasteiger partial charge >= 0.3 is 0 Å². The molecule has 0 atom stereocenters.